The number of H-pyrrole nitrogens is 1. The van der Waals surface area contributed by atoms with Crippen LogP contribution in [0.2, 0.25) is 0 Å². The van der Waals surface area contributed by atoms with Crippen molar-refractivity contribution in [2.24, 2.45) is 0 Å². The molecule has 0 spiro atoms. The number of aromatic nitrogens is 7. The van der Waals surface area contributed by atoms with Gasteiger partial charge in [0.1, 0.15) is 17.2 Å². The topological polar surface area (TPSA) is 79.9 Å². The van der Waals surface area contributed by atoms with Crippen molar-refractivity contribution >= 4 is 17.6 Å². The van der Waals surface area contributed by atoms with E-state index in [1.54, 1.807) is 33.9 Å². The molecule has 0 saturated carbocycles. The van der Waals surface area contributed by atoms with Gasteiger partial charge in [-0.3, -0.25) is 18.6 Å². The van der Waals surface area contributed by atoms with Crippen LogP contribution in [-0.4, -0.2) is 63.9 Å². The minimum atomic E-state index is -4.38. The molecule has 0 amide bonds. The van der Waals surface area contributed by atoms with Gasteiger partial charge in [0.25, 0.3) is 0 Å². The Bertz CT molecular complexity index is 1250. The lowest BCUT2D eigenvalue weighted by Gasteiger charge is -2.49. The average Bonchev–Trinajstić information content (AvgIpc) is 3.44. The number of nitrogens with one attached hydrogen (secondary N) is 1. The molecule has 168 valence electrons. The van der Waals surface area contributed by atoms with Crippen LogP contribution in [0.3, 0.4) is 0 Å². The zero-order valence-corrected chi connectivity index (χ0v) is 17.7. The normalized spacial score (nSPS) is 16.5. The fraction of sp³-hybridized carbons (Fsp3) is 0.368. The van der Waals surface area contributed by atoms with Crippen molar-refractivity contribution in [3.63, 3.8) is 0 Å². The lowest BCUT2D eigenvalue weighted by molar-refractivity contribution is -0.0426. The predicted molar refractivity (Wildman–Crippen MR) is 110 cm³/mol. The van der Waals surface area contributed by atoms with Gasteiger partial charge in [-0.2, -0.15) is 23.4 Å². The third kappa shape index (κ3) is 3.75. The first-order chi connectivity index (χ1) is 15.3. The summed E-state index contributed by atoms with van der Waals surface area (Å²) in [6, 6.07) is 3.68. The fourth-order valence-electron chi connectivity index (χ4n) is 3.92. The van der Waals surface area contributed by atoms with Crippen molar-refractivity contribution in [1.29, 1.82) is 0 Å². The summed E-state index contributed by atoms with van der Waals surface area (Å²) in [5.41, 5.74) is -1.75. The first kappa shape index (κ1) is 20.9. The van der Waals surface area contributed by atoms with Crippen molar-refractivity contribution in [3.05, 3.63) is 42.6 Å². The van der Waals surface area contributed by atoms with Crippen LogP contribution < -0.4 is 0 Å². The van der Waals surface area contributed by atoms with Gasteiger partial charge in [-0.1, -0.05) is 0 Å². The number of hydrogen-bond acceptors (Lipinski definition) is 6. The van der Waals surface area contributed by atoms with Gasteiger partial charge in [0.05, 0.1) is 29.7 Å². The highest BCUT2D eigenvalue weighted by Gasteiger charge is 2.49. The zero-order chi connectivity index (χ0) is 22.5. The summed E-state index contributed by atoms with van der Waals surface area (Å²) in [6.07, 6.45) is 6.77. The molecular formula is C19H18F4N8S. The first-order valence-corrected chi connectivity index (χ1v) is 10.5. The maximum Gasteiger partial charge on any atom is 0.456 e. The summed E-state index contributed by atoms with van der Waals surface area (Å²) in [4.78, 5) is 9.07. The SMILES string of the molecule is Cc1cc(-c2cc3nccn3c(-c3cnn(C4(CCF)CN(SC(F)(F)F)C4)c3)n2)n[nH]1. The highest BCUT2D eigenvalue weighted by molar-refractivity contribution is 7.97. The van der Waals surface area contributed by atoms with Crippen LogP contribution in [-0.2, 0) is 5.54 Å². The highest BCUT2D eigenvalue weighted by Crippen LogP contribution is 2.43. The van der Waals surface area contributed by atoms with Gasteiger partial charge in [-0.15, -0.1) is 0 Å². The average molecular weight is 466 g/mol. The number of nitrogens with zero attached hydrogens (tertiary/aromatic N) is 7. The summed E-state index contributed by atoms with van der Waals surface area (Å²) in [5.74, 6) is 0.554. The molecule has 13 heteroatoms. The van der Waals surface area contributed by atoms with E-state index in [1.807, 2.05) is 19.1 Å². The fourth-order valence-corrected chi connectivity index (χ4v) is 4.82. The summed E-state index contributed by atoms with van der Waals surface area (Å²) < 4.78 is 55.9. The molecule has 0 aromatic carbocycles. The molecule has 0 unspecified atom stereocenters. The molecule has 1 aliphatic heterocycles. The van der Waals surface area contributed by atoms with Crippen LogP contribution in [0.1, 0.15) is 12.1 Å². The van der Waals surface area contributed by atoms with Gasteiger partial charge >= 0.3 is 5.51 Å². The van der Waals surface area contributed by atoms with Gasteiger partial charge < -0.3 is 0 Å². The number of halogens is 4. The standard InChI is InChI=1S/C19H18F4N8S/c1-12-6-15(28-27-12)14-7-16-24-4-5-30(16)17(26-14)13-8-25-31(9-13)18(2-3-20)10-29(11-18)32-19(21,22)23/h4-9H,2-3,10-11H2,1H3,(H,27,28). The number of imidazole rings is 1. The summed E-state index contributed by atoms with van der Waals surface area (Å²) >= 11 is -0.191. The Morgan fingerprint density at radius 1 is 1.22 bits per heavy atom. The Morgan fingerprint density at radius 2 is 2.03 bits per heavy atom. The van der Waals surface area contributed by atoms with E-state index in [0.717, 1.165) is 5.69 Å². The van der Waals surface area contributed by atoms with Gasteiger partial charge in [0.2, 0.25) is 0 Å². The van der Waals surface area contributed by atoms with Gasteiger partial charge in [-0.25, -0.2) is 14.3 Å². The summed E-state index contributed by atoms with van der Waals surface area (Å²) in [6.45, 7) is 1.32. The molecule has 1 saturated heterocycles. The lowest BCUT2D eigenvalue weighted by Crippen LogP contribution is -2.61. The van der Waals surface area contributed by atoms with Crippen molar-refractivity contribution in [2.45, 2.75) is 24.4 Å². The van der Waals surface area contributed by atoms with Crippen molar-refractivity contribution in [3.8, 4) is 22.8 Å². The third-order valence-corrected chi connectivity index (χ3v) is 6.14. The number of alkyl halides is 4. The minimum Gasteiger partial charge on any atom is -0.284 e. The maximum absolute atomic E-state index is 13.3. The Balaban J connectivity index is 1.50. The number of aryl methyl sites for hydroxylation is 1. The molecule has 5 rings (SSSR count). The second kappa shape index (κ2) is 7.59. The van der Waals surface area contributed by atoms with E-state index in [0.29, 0.717) is 28.4 Å². The Labute approximate surface area is 183 Å². The van der Waals surface area contributed by atoms with E-state index in [1.165, 1.54) is 4.31 Å². The van der Waals surface area contributed by atoms with E-state index >= 15 is 0 Å². The third-order valence-electron chi connectivity index (χ3n) is 5.42. The van der Waals surface area contributed by atoms with Crippen LogP contribution >= 0.6 is 11.9 Å². The molecule has 4 aromatic rings. The zero-order valence-electron chi connectivity index (χ0n) is 16.8. The number of fused-ring (bicyclic) bond motifs is 1. The van der Waals surface area contributed by atoms with E-state index in [-0.39, 0.29) is 31.5 Å². The Morgan fingerprint density at radius 3 is 2.72 bits per heavy atom. The number of hydrogen-bond donors (Lipinski definition) is 1. The number of aromatic amines is 1. The largest absolute Gasteiger partial charge is 0.456 e. The monoisotopic (exact) mass is 466 g/mol. The molecule has 1 N–H and O–H groups in total. The van der Waals surface area contributed by atoms with Crippen LogP contribution in [0.25, 0.3) is 28.4 Å². The molecule has 1 fully saturated rings. The summed E-state index contributed by atoms with van der Waals surface area (Å²) in [7, 11) is 0. The first-order valence-electron chi connectivity index (χ1n) is 9.75. The maximum atomic E-state index is 13.3. The molecule has 4 aromatic heterocycles. The van der Waals surface area contributed by atoms with Crippen LogP contribution in [0.5, 0.6) is 0 Å². The van der Waals surface area contributed by atoms with E-state index in [4.69, 9.17) is 4.98 Å². The number of rotatable bonds is 6. The molecule has 8 nitrogen and oxygen atoms in total. The predicted octanol–water partition coefficient (Wildman–Crippen LogP) is 3.83. The van der Waals surface area contributed by atoms with Crippen LogP contribution in [0.4, 0.5) is 17.6 Å². The highest BCUT2D eigenvalue weighted by atomic mass is 32.2. The Kier molecular flexibility index (Phi) is 4.97. The van der Waals surface area contributed by atoms with Gasteiger partial charge in [0.15, 0.2) is 0 Å². The molecule has 5 heterocycles. The van der Waals surface area contributed by atoms with Gasteiger partial charge in [0, 0.05) is 61.8 Å². The molecule has 0 atom stereocenters. The van der Waals surface area contributed by atoms with E-state index < -0.39 is 17.7 Å². The van der Waals surface area contributed by atoms with Crippen molar-refractivity contribution in [1.82, 2.24) is 38.7 Å². The molecule has 0 aliphatic carbocycles. The van der Waals surface area contributed by atoms with E-state index in [9.17, 15) is 17.6 Å². The minimum absolute atomic E-state index is 0.0444. The smallest absolute Gasteiger partial charge is 0.284 e. The Hall–Kier alpha value is -2.93. The van der Waals surface area contributed by atoms with Gasteiger partial charge in [-0.05, 0) is 13.0 Å². The molecule has 32 heavy (non-hydrogen) atoms. The van der Waals surface area contributed by atoms with E-state index in [2.05, 4.69) is 20.3 Å². The second-order valence-electron chi connectivity index (χ2n) is 7.73. The quantitative estimate of drug-likeness (QED) is 0.344. The van der Waals surface area contributed by atoms with Crippen molar-refractivity contribution < 1.29 is 17.6 Å². The molecule has 1 aliphatic rings. The second-order valence-corrected chi connectivity index (χ2v) is 8.89. The molecule has 0 radical (unpaired) electrons. The lowest BCUT2D eigenvalue weighted by atomic mass is 9.89. The van der Waals surface area contributed by atoms with Crippen molar-refractivity contribution in [2.75, 3.05) is 19.8 Å². The van der Waals surface area contributed by atoms with Crippen LogP contribution in [0, 0.1) is 6.92 Å². The molecular weight excluding hydrogens is 448 g/mol. The molecule has 0 bridgehead atoms. The summed E-state index contributed by atoms with van der Waals surface area (Å²) in [5, 5.41) is 11.5. The van der Waals surface area contributed by atoms with Crippen LogP contribution in [0.15, 0.2) is 36.9 Å².